The summed E-state index contributed by atoms with van der Waals surface area (Å²) >= 11 is 6.11. The maximum atomic E-state index is 6.11. The van der Waals surface area contributed by atoms with Crippen molar-refractivity contribution in [1.82, 2.24) is 4.90 Å². The van der Waals surface area contributed by atoms with Gasteiger partial charge in [0.1, 0.15) is 0 Å². The minimum atomic E-state index is 0.207. The fourth-order valence-electron chi connectivity index (χ4n) is 4.68. The lowest BCUT2D eigenvalue weighted by molar-refractivity contribution is 0.166. The minimum Gasteiger partial charge on any atom is -0.369 e. The zero-order valence-electron chi connectivity index (χ0n) is 16.0. The molecule has 1 aliphatic heterocycles. The van der Waals surface area contributed by atoms with E-state index in [0.29, 0.717) is 0 Å². The van der Waals surface area contributed by atoms with E-state index in [-0.39, 0.29) is 5.54 Å². The first kappa shape index (κ1) is 17.8. The van der Waals surface area contributed by atoms with Gasteiger partial charge >= 0.3 is 0 Å². The summed E-state index contributed by atoms with van der Waals surface area (Å²) in [7, 11) is 0. The van der Waals surface area contributed by atoms with Crippen LogP contribution in [0, 0.1) is 0 Å². The lowest BCUT2D eigenvalue weighted by atomic mass is 9.92. The van der Waals surface area contributed by atoms with Crippen LogP contribution in [0.3, 0.4) is 0 Å². The molecule has 1 heterocycles. The molecule has 3 aromatic carbocycles. The smallest absolute Gasteiger partial charge is 0.0469 e. The molecule has 0 radical (unpaired) electrons. The molecule has 2 aliphatic rings. The van der Waals surface area contributed by atoms with E-state index >= 15 is 0 Å². The Morgan fingerprint density at radius 2 is 1.32 bits per heavy atom. The lowest BCUT2D eigenvalue weighted by Gasteiger charge is -2.41. The average Bonchev–Trinajstić information content (AvgIpc) is 3.57. The molecule has 5 rings (SSSR count). The Balaban J connectivity index is 1.40. The molecule has 0 unspecified atom stereocenters. The van der Waals surface area contributed by atoms with Crippen molar-refractivity contribution in [2.24, 2.45) is 0 Å². The number of piperazine rings is 1. The van der Waals surface area contributed by atoms with Crippen LogP contribution < -0.4 is 4.90 Å². The van der Waals surface area contributed by atoms with E-state index in [2.05, 4.69) is 76.5 Å². The Morgan fingerprint density at radius 1 is 0.679 bits per heavy atom. The van der Waals surface area contributed by atoms with Gasteiger partial charge in [0.15, 0.2) is 0 Å². The van der Waals surface area contributed by atoms with Gasteiger partial charge in [-0.2, -0.15) is 0 Å². The second kappa shape index (κ2) is 7.27. The molecular weight excluding hydrogens is 364 g/mol. The third kappa shape index (κ3) is 3.21. The number of hydrogen-bond acceptors (Lipinski definition) is 2. The molecule has 0 N–H and O–H groups in total. The van der Waals surface area contributed by atoms with Crippen LogP contribution in [-0.2, 0) is 5.54 Å². The number of para-hydroxylation sites is 1. The van der Waals surface area contributed by atoms with Gasteiger partial charge in [0.2, 0.25) is 0 Å². The number of anilines is 1. The maximum Gasteiger partial charge on any atom is 0.0469 e. The van der Waals surface area contributed by atoms with E-state index in [1.54, 1.807) is 0 Å². The SMILES string of the molecule is Clc1ccc(-c2ccccc2C2(N3CCN(c4ccccc4)CC3)CC2)cc1. The standard InChI is InChI=1S/C25H25ClN2/c26-21-12-10-20(11-13-21)23-8-4-5-9-24(23)25(14-15-25)28-18-16-27(17-19-28)22-6-2-1-3-7-22/h1-13H,14-19H2. The van der Waals surface area contributed by atoms with E-state index in [1.165, 1.54) is 35.2 Å². The molecule has 1 aliphatic carbocycles. The molecule has 2 fully saturated rings. The molecule has 28 heavy (non-hydrogen) atoms. The van der Waals surface area contributed by atoms with Gasteiger partial charge < -0.3 is 4.90 Å². The Hall–Kier alpha value is -2.29. The largest absolute Gasteiger partial charge is 0.369 e. The summed E-state index contributed by atoms with van der Waals surface area (Å²) in [5, 5.41) is 0.791. The summed E-state index contributed by atoms with van der Waals surface area (Å²) in [5.74, 6) is 0. The Labute approximate surface area is 172 Å². The van der Waals surface area contributed by atoms with Crippen molar-refractivity contribution in [3.8, 4) is 11.1 Å². The highest BCUT2D eigenvalue weighted by Gasteiger charge is 2.50. The predicted octanol–water partition coefficient (Wildman–Crippen LogP) is 5.82. The summed E-state index contributed by atoms with van der Waals surface area (Å²) in [6, 6.07) is 28.0. The summed E-state index contributed by atoms with van der Waals surface area (Å²) in [6.45, 7) is 4.41. The molecule has 0 spiro atoms. The number of rotatable bonds is 4. The van der Waals surface area contributed by atoms with Gasteiger partial charge in [0.25, 0.3) is 0 Å². The lowest BCUT2D eigenvalue weighted by Crippen LogP contribution is -2.50. The van der Waals surface area contributed by atoms with Crippen molar-refractivity contribution in [2.75, 3.05) is 31.1 Å². The summed E-state index contributed by atoms with van der Waals surface area (Å²) in [6.07, 6.45) is 2.51. The van der Waals surface area contributed by atoms with Gasteiger partial charge in [-0.15, -0.1) is 0 Å². The van der Waals surface area contributed by atoms with Crippen LogP contribution >= 0.6 is 11.6 Å². The number of benzene rings is 3. The molecule has 0 amide bonds. The molecule has 3 aromatic rings. The van der Waals surface area contributed by atoms with Gasteiger partial charge in [0, 0.05) is 42.4 Å². The van der Waals surface area contributed by atoms with Gasteiger partial charge in [-0.05, 0) is 53.8 Å². The molecule has 142 valence electrons. The van der Waals surface area contributed by atoms with E-state index in [1.807, 2.05) is 12.1 Å². The predicted molar refractivity (Wildman–Crippen MR) is 118 cm³/mol. The Bertz CT molecular complexity index is 940. The highest BCUT2D eigenvalue weighted by atomic mass is 35.5. The third-order valence-electron chi connectivity index (χ3n) is 6.31. The molecule has 0 atom stereocenters. The summed E-state index contributed by atoms with van der Waals surface area (Å²) in [4.78, 5) is 5.23. The minimum absolute atomic E-state index is 0.207. The number of nitrogens with zero attached hydrogens (tertiary/aromatic N) is 2. The normalized spacial score (nSPS) is 18.8. The van der Waals surface area contributed by atoms with Crippen LogP contribution in [-0.4, -0.2) is 31.1 Å². The molecule has 1 saturated heterocycles. The van der Waals surface area contributed by atoms with Gasteiger partial charge in [-0.1, -0.05) is 66.2 Å². The van der Waals surface area contributed by atoms with Crippen molar-refractivity contribution in [1.29, 1.82) is 0 Å². The van der Waals surface area contributed by atoms with Crippen molar-refractivity contribution in [3.63, 3.8) is 0 Å². The van der Waals surface area contributed by atoms with Crippen LogP contribution in [0.5, 0.6) is 0 Å². The van der Waals surface area contributed by atoms with E-state index in [4.69, 9.17) is 11.6 Å². The van der Waals surface area contributed by atoms with E-state index < -0.39 is 0 Å². The number of hydrogen-bond donors (Lipinski definition) is 0. The third-order valence-corrected chi connectivity index (χ3v) is 6.57. The highest BCUT2D eigenvalue weighted by Crippen LogP contribution is 2.53. The Kier molecular flexibility index (Phi) is 4.62. The average molecular weight is 389 g/mol. The van der Waals surface area contributed by atoms with Crippen molar-refractivity contribution in [2.45, 2.75) is 18.4 Å². The van der Waals surface area contributed by atoms with Crippen LogP contribution in [0.4, 0.5) is 5.69 Å². The van der Waals surface area contributed by atoms with Crippen LogP contribution in [0.2, 0.25) is 5.02 Å². The molecular formula is C25H25ClN2. The van der Waals surface area contributed by atoms with Gasteiger partial charge in [-0.25, -0.2) is 0 Å². The zero-order chi connectivity index (χ0) is 19.0. The van der Waals surface area contributed by atoms with Crippen LogP contribution in [0.1, 0.15) is 18.4 Å². The second-order valence-electron chi connectivity index (χ2n) is 7.89. The number of halogens is 1. The maximum absolute atomic E-state index is 6.11. The summed E-state index contributed by atoms with van der Waals surface area (Å²) < 4.78 is 0. The van der Waals surface area contributed by atoms with Crippen molar-refractivity contribution in [3.05, 3.63) is 89.4 Å². The monoisotopic (exact) mass is 388 g/mol. The topological polar surface area (TPSA) is 6.48 Å². The molecule has 2 nitrogen and oxygen atoms in total. The first-order valence-corrected chi connectivity index (χ1v) is 10.5. The van der Waals surface area contributed by atoms with Gasteiger partial charge in [0.05, 0.1) is 0 Å². The molecule has 0 aromatic heterocycles. The van der Waals surface area contributed by atoms with Crippen molar-refractivity contribution < 1.29 is 0 Å². The molecule has 0 bridgehead atoms. The fraction of sp³-hybridized carbons (Fsp3) is 0.280. The van der Waals surface area contributed by atoms with Crippen molar-refractivity contribution >= 4 is 17.3 Å². The Morgan fingerprint density at radius 3 is 2.00 bits per heavy atom. The molecule has 3 heteroatoms. The first-order chi connectivity index (χ1) is 13.8. The van der Waals surface area contributed by atoms with Gasteiger partial charge in [-0.3, -0.25) is 4.90 Å². The second-order valence-corrected chi connectivity index (χ2v) is 8.33. The van der Waals surface area contributed by atoms with E-state index in [0.717, 1.165) is 31.2 Å². The quantitative estimate of drug-likeness (QED) is 0.555. The van der Waals surface area contributed by atoms with E-state index in [9.17, 15) is 0 Å². The zero-order valence-corrected chi connectivity index (χ0v) is 16.8. The van der Waals surface area contributed by atoms with Crippen LogP contribution in [0.15, 0.2) is 78.9 Å². The fourth-order valence-corrected chi connectivity index (χ4v) is 4.80. The molecule has 1 saturated carbocycles. The summed E-state index contributed by atoms with van der Waals surface area (Å²) in [5.41, 5.74) is 5.63. The highest BCUT2D eigenvalue weighted by molar-refractivity contribution is 6.30. The van der Waals surface area contributed by atoms with Crippen LogP contribution in [0.25, 0.3) is 11.1 Å². The first-order valence-electron chi connectivity index (χ1n) is 10.2.